The molecular formula is C17H19FN2O5. The number of ether oxygens (including phenoxy) is 1. The molecule has 25 heavy (non-hydrogen) atoms. The Morgan fingerprint density at radius 2 is 1.80 bits per heavy atom. The summed E-state index contributed by atoms with van der Waals surface area (Å²) in [4.78, 5) is 37.2. The van der Waals surface area contributed by atoms with E-state index in [-0.39, 0.29) is 37.6 Å². The minimum atomic E-state index is -1.53. The monoisotopic (exact) mass is 350 g/mol. The van der Waals surface area contributed by atoms with E-state index in [1.165, 1.54) is 23.1 Å². The van der Waals surface area contributed by atoms with Crippen molar-refractivity contribution in [1.29, 1.82) is 0 Å². The van der Waals surface area contributed by atoms with Gasteiger partial charge in [0.05, 0.1) is 0 Å². The summed E-state index contributed by atoms with van der Waals surface area (Å²) in [6.45, 7) is 0.269. The first-order valence-electron chi connectivity index (χ1n) is 8.06. The highest BCUT2D eigenvalue weighted by atomic mass is 19.1. The summed E-state index contributed by atoms with van der Waals surface area (Å²) in [5.41, 5.74) is 2.67. The van der Waals surface area contributed by atoms with Gasteiger partial charge in [-0.25, -0.2) is 9.18 Å². The number of rotatable bonds is 5. The van der Waals surface area contributed by atoms with Gasteiger partial charge in [0.1, 0.15) is 17.0 Å². The molecule has 1 aromatic carbocycles. The third kappa shape index (κ3) is 3.04. The number of hydrogen-bond donors (Lipinski definition) is 2. The molecule has 1 saturated heterocycles. The van der Waals surface area contributed by atoms with Gasteiger partial charge in [-0.05, 0) is 25.0 Å². The summed E-state index contributed by atoms with van der Waals surface area (Å²) in [5, 5.41) is 9.61. The molecule has 1 aliphatic carbocycles. The summed E-state index contributed by atoms with van der Waals surface area (Å²) in [6.07, 6.45) is 0.946. The molecule has 3 N–H and O–H groups in total. The maximum atomic E-state index is 13.3. The van der Waals surface area contributed by atoms with Crippen LogP contribution in [-0.2, 0) is 14.4 Å². The number of carboxylic acid groups (broad SMARTS) is 1. The van der Waals surface area contributed by atoms with E-state index in [9.17, 15) is 23.9 Å². The van der Waals surface area contributed by atoms with Crippen LogP contribution in [0.3, 0.4) is 0 Å². The Balaban J connectivity index is 1.72. The molecule has 134 valence electrons. The number of likely N-dealkylation sites (tertiary alicyclic amines) is 1. The Kier molecular flexibility index (Phi) is 4.14. The van der Waals surface area contributed by atoms with E-state index in [1.54, 1.807) is 0 Å². The second kappa shape index (κ2) is 6.02. The van der Waals surface area contributed by atoms with E-state index in [1.807, 2.05) is 0 Å². The van der Waals surface area contributed by atoms with E-state index in [4.69, 9.17) is 10.5 Å². The maximum Gasteiger partial charge on any atom is 0.348 e. The third-order valence-corrected chi connectivity index (χ3v) is 4.99. The molecule has 1 saturated carbocycles. The normalized spacial score (nSPS) is 20.6. The highest BCUT2D eigenvalue weighted by Gasteiger charge is 2.58. The molecule has 0 radical (unpaired) electrons. The zero-order valence-corrected chi connectivity index (χ0v) is 13.5. The lowest BCUT2D eigenvalue weighted by molar-refractivity contribution is -0.163. The minimum absolute atomic E-state index is 0.0411. The molecule has 1 aliphatic heterocycles. The molecule has 2 amide bonds. The van der Waals surface area contributed by atoms with Crippen molar-refractivity contribution in [3.8, 4) is 5.75 Å². The Hall–Kier alpha value is -2.64. The number of amides is 2. The van der Waals surface area contributed by atoms with Crippen molar-refractivity contribution in [1.82, 2.24) is 4.90 Å². The second-order valence-electron chi connectivity index (χ2n) is 6.60. The molecule has 7 nitrogen and oxygen atoms in total. The lowest BCUT2D eigenvalue weighted by Crippen LogP contribution is -2.56. The minimum Gasteiger partial charge on any atom is -0.478 e. The first-order valence-corrected chi connectivity index (χ1v) is 8.06. The highest BCUT2D eigenvalue weighted by molar-refractivity contribution is 6.07. The molecule has 8 heteroatoms. The zero-order chi connectivity index (χ0) is 18.2. The fraction of sp³-hybridized carbons (Fsp3) is 0.471. The molecule has 1 aromatic rings. The summed E-state index contributed by atoms with van der Waals surface area (Å²) in [5.74, 6) is -2.55. The standard InChI is InChI=1S/C17H19FN2O5/c18-11-2-1-3-12(10-11)25-17(15(23)24)6-8-20(9-7-17)14(22)16(4-5-16)13(19)21/h1-3,10H,4-9H2,(H2,19,21)(H,23,24). The predicted octanol–water partition coefficient (Wildman–Crippen LogP) is 0.916. The van der Waals surface area contributed by atoms with Crippen LogP contribution in [0.25, 0.3) is 0 Å². The van der Waals surface area contributed by atoms with Gasteiger partial charge in [-0.2, -0.15) is 0 Å². The van der Waals surface area contributed by atoms with E-state index < -0.39 is 28.7 Å². The Bertz CT molecular complexity index is 724. The summed E-state index contributed by atoms with van der Waals surface area (Å²) in [7, 11) is 0. The lowest BCUT2D eigenvalue weighted by atomic mass is 9.90. The van der Waals surface area contributed by atoms with Crippen LogP contribution in [0.5, 0.6) is 5.75 Å². The number of carbonyl (C=O) groups is 3. The number of piperidine rings is 1. The van der Waals surface area contributed by atoms with Crippen LogP contribution in [-0.4, -0.2) is 46.5 Å². The number of primary amides is 1. The number of benzene rings is 1. The van der Waals surface area contributed by atoms with Gasteiger partial charge < -0.3 is 20.5 Å². The van der Waals surface area contributed by atoms with Crippen LogP contribution in [0.4, 0.5) is 4.39 Å². The molecular weight excluding hydrogens is 331 g/mol. The van der Waals surface area contributed by atoms with Crippen LogP contribution >= 0.6 is 0 Å². The average molecular weight is 350 g/mol. The Labute approximate surface area is 143 Å². The fourth-order valence-electron chi connectivity index (χ4n) is 3.18. The average Bonchev–Trinajstić information content (AvgIpc) is 3.36. The number of aliphatic carboxylic acids is 1. The van der Waals surface area contributed by atoms with Crippen LogP contribution in [0.1, 0.15) is 25.7 Å². The highest BCUT2D eigenvalue weighted by Crippen LogP contribution is 2.47. The number of hydrogen-bond acceptors (Lipinski definition) is 4. The summed E-state index contributed by atoms with van der Waals surface area (Å²) in [6, 6.07) is 5.27. The van der Waals surface area contributed by atoms with Gasteiger partial charge in [0, 0.05) is 32.0 Å². The van der Waals surface area contributed by atoms with Gasteiger partial charge in [-0.15, -0.1) is 0 Å². The van der Waals surface area contributed by atoms with Gasteiger partial charge >= 0.3 is 5.97 Å². The fourth-order valence-corrected chi connectivity index (χ4v) is 3.18. The van der Waals surface area contributed by atoms with E-state index in [0.717, 1.165) is 6.07 Å². The van der Waals surface area contributed by atoms with Crippen LogP contribution in [0.15, 0.2) is 24.3 Å². The van der Waals surface area contributed by atoms with Crippen molar-refractivity contribution in [2.75, 3.05) is 13.1 Å². The number of nitrogens with zero attached hydrogens (tertiary/aromatic N) is 1. The molecule has 2 aliphatic rings. The van der Waals surface area contributed by atoms with Crippen molar-refractivity contribution in [2.24, 2.45) is 11.1 Å². The molecule has 0 aromatic heterocycles. The largest absolute Gasteiger partial charge is 0.478 e. The summed E-state index contributed by atoms with van der Waals surface area (Å²) >= 11 is 0. The second-order valence-corrected chi connectivity index (χ2v) is 6.60. The smallest absolute Gasteiger partial charge is 0.348 e. The Morgan fingerprint density at radius 3 is 2.28 bits per heavy atom. The van der Waals surface area contributed by atoms with E-state index in [0.29, 0.717) is 12.8 Å². The molecule has 0 spiro atoms. The lowest BCUT2D eigenvalue weighted by Gasteiger charge is -2.39. The van der Waals surface area contributed by atoms with Gasteiger partial charge in [-0.3, -0.25) is 9.59 Å². The summed E-state index contributed by atoms with van der Waals surface area (Å²) < 4.78 is 18.9. The number of carbonyl (C=O) groups excluding carboxylic acids is 2. The van der Waals surface area contributed by atoms with E-state index in [2.05, 4.69) is 0 Å². The van der Waals surface area contributed by atoms with Crippen molar-refractivity contribution >= 4 is 17.8 Å². The molecule has 1 heterocycles. The van der Waals surface area contributed by atoms with Gasteiger partial charge in [-0.1, -0.05) is 6.07 Å². The SMILES string of the molecule is NC(=O)C1(C(=O)N2CCC(Oc3cccc(F)c3)(C(=O)O)CC2)CC1. The molecule has 3 rings (SSSR count). The maximum absolute atomic E-state index is 13.3. The topological polar surface area (TPSA) is 110 Å². The van der Waals surface area contributed by atoms with Crippen LogP contribution in [0, 0.1) is 11.2 Å². The van der Waals surface area contributed by atoms with Crippen molar-refractivity contribution in [2.45, 2.75) is 31.3 Å². The van der Waals surface area contributed by atoms with Gasteiger partial charge in [0.2, 0.25) is 17.4 Å². The molecule has 0 unspecified atom stereocenters. The Morgan fingerprint density at radius 1 is 1.16 bits per heavy atom. The van der Waals surface area contributed by atoms with Gasteiger partial charge in [0.25, 0.3) is 0 Å². The quantitative estimate of drug-likeness (QED) is 0.767. The van der Waals surface area contributed by atoms with E-state index >= 15 is 0 Å². The van der Waals surface area contributed by atoms with Crippen molar-refractivity contribution in [3.63, 3.8) is 0 Å². The molecule has 0 bridgehead atoms. The molecule has 0 atom stereocenters. The number of halogens is 1. The first kappa shape index (κ1) is 17.2. The van der Waals surface area contributed by atoms with Crippen LogP contribution < -0.4 is 10.5 Å². The third-order valence-electron chi connectivity index (χ3n) is 4.99. The molecule has 2 fully saturated rings. The number of carboxylic acids is 1. The van der Waals surface area contributed by atoms with Crippen LogP contribution in [0.2, 0.25) is 0 Å². The predicted molar refractivity (Wildman–Crippen MR) is 84.1 cm³/mol. The zero-order valence-electron chi connectivity index (χ0n) is 13.5. The van der Waals surface area contributed by atoms with Crippen molar-refractivity contribution in [3.05, 3.63) is 30.1 Å². The first-order chi connectivity index (χ1) is 11.8. The van der Waals surface area contributed by atoms with Crippen molar-refractivity contribution < 1.29 is 28.6 Å². The number of nitrogens with two attached hydrogens (primary N) is 1. The van der Waals surface area contributed by atoms with Gasteiger partial charge in [0.15, 0.2) is 0 Å².